The number of methoxy groups -OCH3 is 1. The van der Waals surface area contributed by atoms with Crippen LogP contribution in [0, 0.1) is 29.5 Å². The number of alkyl halides is 3. The summed E-state index contributed by atoms with van der Waals surface area (Å²) in [6.45, 7) is 0.0305. The first kappa shape index (κ1) is 25.8. The Morgan fingerprint density at radius 2 is 1.92 bits per heavy atom. The van der Waals surface area contributed by atoms with Gasteiger partial charge in [-0.15, -0.1) is 0 Å². The van der Waals surface area contributed by atoms with E-state index >= 15 is 0 Å². The number of halogens is 4. The van der Waals surface area contributed by atoms with Crippen LogP contribution in [0.3, 0.4) is 0 Å². The maximum atomic E-state index is 13.3. The van der Waals surface area contributed by atoms with Gasteiger partial charge in [0.15, 0.2) is 4.90 Å². The third kappa shape index (κ3) is 5.40. The van der Waals surface area contributed by atoms with Gasteiger partial charge < -0.3 is 14.6 Å². The van der Waals surface area contributed by atoms with Crippen molar-refractivity contribution in [2.24, 2.45) is 11.8 Å². The first-order valence-corrected chi connectivity index (χ1v) is 12.6. The molecule has 0 saturated carbocycles. The Labute approximate surface area is 218 Å². The van der Waals surface area contributed by atoms with Crippen LogP contribution in [0.15, 0.2) is 66.0 Å². The Morgan fingerprint density at radius 3 is 2.66 bits per heavy atom. The van der Waals surface area contributed by atoms with Crippen LogP contribution in [0.2, 0.25) is 0 Å². The molecule has 7 nitrogen and oxygen atoms in total. The first-order chi connectivity index (χ1) is 18.2. The zero-order valence-electron chi connectivity index (χ0n) is 19.9. The highest BCUT2D eigenvalue weighted by Gasteiger charge is 2.46. The van der Waals surface area contributed by atoms with Crippen molar-refractivity contribution in [3.05, 3.63) is 72.4 Å². The van der Waals surface area contributed by atoms with Crippen molar-refractivity contribution < 1.29 is 26.9 Å². The standard InChI is InChI=1S/C26H21F4N5O2S/c1-37-25-23(34-38(36)21-6-4-20(27)5-7-21)10-19(13-32-25)16-8-9-35-24(11-16)18(14-33-35)3-2-17-12-31-15-22(17)26(28,29)30/h4-11,13-14,17,22,31,34H,12,15H2,1H3. The monoisotopic (exact) mass is 543 g/mol. The third-order valence-electron chi connectivity index (χ3n) is 6.16. The third-order valence-corrected chi connectivity index (χ3v) is 7.26. The maximum Gasteiger partial charge on any atom is 0.394 e. The Bertz CT molecular complexity index is 1510. The van der Waals surface area contributed by atoms with E-state index in [-0.39, 0.29) is 19.0 Å². The molecule has 1 aromatic carbocycles. The van der Waals surface area contributed by atoms with E-state index in [0.29, 0.717) is 27.2 Å². The lowest BCUT2D eigenvalue weighted by molar-refractivity contribution is -0.174. The van der Waals surface area contributed by atoms with E-state index in [1.54, 1.807) is 35.1 Å². The summed E-state index contributed by atoms with van der Waals surface area (Å²) in [7, 11) is 1.43. The molecule has 0 amide bonds. The molecule has 0 spiro atoms. The molecular formula is C26H21F4N5O2S. The number of hydrogen-bond donors (Lipinski definition) is 2. The minimum atomic E-state index is -4.31. The van der Waals surface area contributed by atoms with Crippen LogP contribution in [0.5, 0.6) is 5.88 Å². The summed E-state index contributed by atoms with van der Waals surface area (Å²) in [6.07, 6.45) is 0.489. The minimum absolute atomic E-state index is 0.144. The molecule has 3 aromatic heterocycles. The van der Waals surface area contributed by atoms with Gasteiger partial charge in [0.05, 0.1) is 30.3 Å². The number of nitrogens with one attached hydrogen (secondary N) is 2. The maximum absolute atomic E-state index is 13.3. The van der Waals surface area contributed by atoms with Gasteiger partial charge in [0, 0.05) is 37.0 Å². The average molecular weight is 544 g/mol. The van der Waals surface area contributed by atoms with Gasteiger partial charge in [-0.2, -0.15) is 23.0 Å². The van der Waals surface area contributed by atoms with Crippen LogP contribution in [0.4, 0.5) is 23.2 Å². The summed E-state index contributed by atoms with van der Waals surface area (Å²) in [5, 5.41) is 7.01. The molecule has 1 saturated heterocycles. The van der Waals surface area contributed by atoms with E-state index in [2.05, 4.69) is 32.0 Å². The Morgan fingerprint density at radius 1 is 1.13 bits per heavy atom. The Hall–Kier alpha value is -3.79. The topological polar surface area (TPSA) is 86.5 Å². The molecule has 38 heavy (non-hydrogen) atoms. The second-order valence-electron chi connectivity index (χ2n) is 8.59. The Balaban J connectivity index is 1.44. The van der Waals surface area contributed by atoms with Crippen molar-refractivity contribution >= 4 is 22.6 Å². The largest absolute Gasteiger partial charge is 0.588 e. The van der Waals surface area contributed by atoms with Gasteiger partial charge in [-0.25, -0.2) is 13.9 Å². The molecule has 1 aliphatic heterocycles. The zero-order chi connectivity index (χ0) is 26.9. The molecule has 4 aromatic rings. The number of benzene rings is 1. The zero-order valence-corrected chi connectivity index (χ0v) is 20.7. The molecule has 1 fully saturated rings. The fraction of sp³-hybridized carbons (Fsp3) is 0.231. The molecule has 3 unspecified atom stereocenters. The van der Waals surface area contributed by atoms with E-state index in [9.17, 15) is 22.1 Å². The van der Waals surface area contributed by atoms with Crippen LogP contribution in [0.1, 0.15) is 5.56 Å². The number of aromatic nitrogens is 3. The van der Waals surface area contributed by atoms with Crippen molar-refractivity contribution in [3.8, 4) is 28.8 Å². The molecule has 3 atom stereocenters. The summed E-state index contributed by atoms with van der Waals surface area (Å²) in [4.78, 5) is 4.67. The van der Waals surface area contributed by atoms with Gasteiger partial charge >= 0.3 is 6.18 Å². The summed E-state index contributed by atoms with van der Waals surface area (Å²) >= 11 is -1.71. The van der Waals surface area contributed by atoms with Crippen LogP contribution in [-0.2, 0) is 11.4 Å². The minimum Gasteiger partial charge on any atom is -0.588 e. The number of fused-ring (bicyclic) bond motifs is 1. The van der Waals surface area contributed by atoms with Gasteiger partial charge in [-0.1, -0.05) is 11.8 Å². The summed E-state index contributed by atoms with van der Waals surface area (Å²) < 4.78 is 75.6. The highest BCUT2D eigenvalue weighted by atomic mass is 32.2. The highest BCUT2D eigenvalue weighted by Crippen LogP contribution is 2.34. The lowest BCUT2D eigenvalue weighted by Gasteiger charge is -2.16. The molecule has 0 radical (unpaired) electrons. The van der Waals surface area contributed by atoms with E-state index in [1.165, 1.54) is 37.6 Å². The second kappa shape index (κ2) is 10.5. The van der Waals surface area contributed by atoms with E-state index in [1.807, 2.05) is 0 Å². The predicted molar refractivity (Wildman–Crippen MR) is 134 cm³/mol. The number of anilines is 1. The second-order valence-corrected chi connectivity index (χ2v) is 9.80. The fourth-order valence-electron chi connectivity index (χ4n) is 4.16. The smallest absolute Gasteiger partial charge is 0.394 e. The van der Waals surface area contributed by atoms with Crippen molar-refractivity contribution in [3.63, 3.8) is 0 Å². The first-order valence-electron chi connectivity index (χ1n) is 11.5. The molecular weight excluding hydrogens is 522 g/mol. The molecule has 196 valence electrons. The highest BCUT2D eigenvalue weighted by molar-refractivity contribution is 7.92. The van der Waals surface area contributed by atoms with Crippen LogP contribution in [-0.4, -0.2) is 45.5 Å². The Kier molecular flexibility index (Phi) is 7.16. The molecule has 2 N–H and O–H groups in total. The number of pyridine rings is 2. The van der Waals surface area contributed by atoms with Crippen LogP contribution < -0.4 is 14.8 Å². The van der Waals surface area contributed by atoms with Gasteiger partial charge in [0.25, 0.3) is 0 Å². The van der Waals surface area contributed by atoms with Crippen LogP contribution >= 0.6 is 0 Å². The number of rotatable bonds is 5. The lowest BCUT2D eigenvalue weighted by Crippen LogP contribution is -2.29. The summed E-state index contributed by atoms with van der Waals surface area (Å²) in [5.74, 6) is 3.08. The predicted octanol–water partition coefficient (Wildman–Crippen LogP) is 4.43. The van der Waals surface area contributed by atoms with Gasteiger partial charge in [-0.3, -0.25) is 0 Å². The number of nitrogens with zero attached hydrogens (tertiary/aromatic N) is 3. The van der Waals surface area contributed by atoms with E-state index in [0.717, 1.165) is 5.56 Å². The number of hydrogen-bond acceptors (Lipinski definition) is 6. The van der Waals surface area contributed by atoms with Crippen molar-refractivity contribution in [2.75, 3.05) is 24.9 Å². The fourth-order valence-corrected chi connectivity index (χ4v) is 5.01. The van der Waals surface area contributed by atoms with E-state index in [4.69, 9.17) is 4.74 Å². The van der Waals surface area contributed by atoms with Crippen LogP contribution in [0.25, 0.3) is 16.6 Å². The molecule has 12 heteroatoms. The van der Waals surface area contributed by atoms with Crippen molar-refractivity contribution in [1.29, 1.82) is 0 Å². The molecule has 0 aliphatic carbocycles. The summed E-state index contributed by atoms with van der Waals surface area (Å²) in [6, 6.07) is 10.6. The molecule has 1 aliphatic rings. The van der Waals surface area contributed by atoms with Crippen molar-refractivity contribution in [2.45, 2.75) is 11.1 Å². The SMILES string of the molecule is COc1ncc(-c2ccn3ncc(C#CC4CNCC4C(F)(F)F)c3c2)cc1N[S+]([O-])c1ccc(F)cc1. The molecule has 0 bridgehead atoms. The molecule has 5 rings (SSSR count). The normalized spacial score (nSPS) is 18.2. The lowest BCUT2D eigenvalue weighted by atomic mass is 9.96. The van der Waals surface area contributed by atoms with Gasteiger partial charge in [-0.05, 0) is 48.0 Å². The quantitative estimate of drug-likeness (QED) is 0.220. The summed E-state index contributed by atoms with van der Waals surface area (Å²) in [5.41, 5.74) is 2.85. The van der Waals surface area contributed by atoms with E-state index < -0.39 is 35.2 Å². The average Bonchev–Trinajstić information content (AvgIpc) is 3.54. The van der Waals surface area contributed by atoms with Crippen molar-refractivity contribution in [1.82, 2.24) is 19.9 Å². The van der Waals surface area contributed by atoms with Gasteiger partial charge in [0.2, 0.25) is 5.88 Å². The number of ether oxygens (including phenoxy) is 1. The van der Waals surface area contributed by atoms with Gasteiger partial charge in [0.1, 0.15) is 22.9 Å². The molecule has 4 heterocycles.